The lowest BCUT2D eigenvalue weighted by atomic mass is 10.1. The van der Waals surface area contributed by atoms with E-state index in [2.05, 4.69) is 19.1 Å². The number of carbonyl (C=O) groups excluding carboxylic acids is 1. The Morgan fingerprint density at radius 2 is 1.43 bits per heavy atom. The van der Waals surface area contributed by atoms with Gasteiger partial charge in [-0.2, -0.15) is 0 Å². The van der Waals surface area contributed by atoms with Crippen molar-refractivity contribution < 1.29 is 37.3 Å². The second-order valence-electron chi connectivity index (χ2n) is 10.1. The first kappa shape index (κ1) is 34.2. The topological polar surface area (TPSA) is 94.1 Å². The van der Waals surface area contributed by atoms with Crippen LogP contribution in [0, 0.1) is 0 Å². The van der Waals surface area contributed by atoms with Gasteiger partial charge in [0.25, 0.3) is 7.82 Å². The molecule has 0 aromatic carbocycles. The highest BCUT2D eigenvalue weighted by atomic mass is 31.2. The second kappa shape index (κ2) is 21.3. The maximum atomic E-state index is 11.9. The van der Waals surface area contributed by atoms with Crippen LogP contribution in [-0.2, 0) is 27.9 Å². The number of hydrogen-bond acceptors (Lipinski definition) is 7. The number of allylic oxidation sites excluding steroid dienone is 2. The average molecular weight is 522 g/mol. The van der Waals surface area contributed by atoms with Gasteiger partial charge in [0.1, 0.15) is 19.3 Å². The number of likely N-dealkylation sites (N-methyl/N-ethyl adjacent to an activating group) is 1. The van der Waals surface area contributed by atoms with Crippen molar-refractivity contribution in [2.45, 2.75) is 97.0 Å². The molecule has 0 saturated carbocycles. The van der Waals surface area contributed by atoms with E-state index >= 15 is 0 Å². The zero-order chi connectivity index (χ0) is 26.4. The maximum Gasteiger partial charge on any atom is 0.303 e. The van der Waals surface area contributed by atoms with Gasteiger partial charge in [0, 0.05) is 13.5 Å². The van der Waals surface area contributed by atoms with Crippen molar-refractivity contribution in [2.24, 2.45) is 0 Å². The molecule has 1 unspecified atom stereocenters. The van der Waals surface area contributed by atoms with Gasteiger partial charge in [-0.05, 0) is 32.1 Å². The Balaban J connectivity index is 3.83. The first-order valence-electron chi connectivity index (χ1n) is 13.4. The highest BCUT2D eigenvalue weighted by Gasteiger charge is 2.19. The van der Waals surface area contributed by atoms with Crippen molar-refractivity contribution in [3.8, 4) is 0 Å². The van der Waals surface area contributed by atoms with Crippen LogP contribution in [0.2, 0.25) is 0 Å². The number of esters is 1. The van der Waals surface area contributed by atoms with Crippen LogP contribution in [0.25, 0.3) is 0 Å². The molecular formula is C26H52NO7P. The van der Waals surface area contributed by atoms with Crippen molar-refractivity contribution in [1.82, 2.24) is 0 Å². The SMILES string of the molecule is CCCCCC/C=C\CCCCCCCCOC[C@H](COP(=O)([O-])OCC[N+](C)(C)C)OC(C)=O. The van der Waals surface area contributed by atoms with E-state index in [0.717, 1.165) is 12.8 Å². The highest BCUT2D eigenvalue weighted by Crippen LogP contribution is 2.38. The van der Waals surface area contributed by atoms with Crippen LogP contribution < -0.4 is 4.89 Å². The lowest BCUT2D eigenvalue weighted by molar-refractivity contribution is -0.870. The van der Waals surface area contributed by atoms with Gasteiger partial charge < -0.3 is 27.9 Å². The van der Waals surface area contributed by atoms with Crippen LogP contribution >= 0.6 is 7.82 Å². The van der Waals surface area contributed by atoms with Crippen molar-refractivity contribution in [3.63, 3.8) is 0 Å². The number of hydrogen-bond donors (Lipinski definition) is 0. The van der Waals surface area contributed by atoms with Crippen LogP contribution in [0.5, 0.6) is 0 Å². The predicted molar refractivity (Wildman–Crippen MR) is 139 cm³/mol. The van der Waals surface area contributed by atoms with Crippen molar-refractivity contribution in [3.05, 3.63) is 12.2 Å². The molecular weight excluding hydrogens is 469 g/mol. The number of quaternary nitrogens is 1. The van der Waals surface area contributed by atoms with Gasteiger partial charge in [-0.1, -0.05) is 64.0 Å². The molecule has 0 radical (unpaired) electrons. The van der Waals surface area contributed by atoms with Crippen LogP contribution in [0.4, 0.5) is 0 Å². The summed E-state index contributed by atoms with van der Waals surface area (Å²) < 4.78 is 33.0. The summed E-state index contributed by atoms with van der Waals surface area (Å²) >= 11 is 0. The van der Waals surface area contributed by atoms with Crippen molar-refractivity contribution >= 4 is 13.8 Å². The predicted octanol–water partition coefficient (Wildman–Crippen LogP) is 5.40. The minimum atomic E-state index is -4.46. The van der Waals surface area contributed by atoms with E-state index in [1.165, 1.54) is 71.1 Å². The summed E-state index contributed by atoms with van der Waals surface area (Å²) in [6.45, 7) is 4.35. The Kier molecular flexibility index (Phi) is 20.9. The summed E-state index contributed by atoms with van der Waals surface area (Å²) in [5.74, 6) is -0.514. The summed E-state index contributed by atoms with van der Waals surface area (Å²) in [7, 11) is 1.34. The zero-order valence-electron chi connectivity index (χ0n) is 23.0. The first-order valence-corrected chi connectivity index (χ1v) is 14.8. The lowest BCUT2D eigenvalue weighted by Gasteiger charge is -2.28. The Morgan fingerprint density at radius 3 is 2.00 bits per heavy atom. The number of unbranched alkanes of at least 4 members (excludes halogenated alkanes) is 10. The van der Waals surface area contributed by atoms with E-state index in [9.17, 15) is 14.3 Å². The molecule has 0 bridgehead atoms. The first-order chi connectivity index (χ1) is 16.6. The average Bonchev–Trinajstić information content (AvgIpc) is 2.75. The Morgan fingerprint density at radius 1 is 0.857 bits per heavy atom. The number of nitrogens with zero attached hydrogens (tertiary/aromatic N) is 1. The van der Waals surface area contributed by atoms with E-state index in [1.807, 2.05) is 21.1 Å². The largest absolute Gasteiger partial charge is 0.756 e. The molecule has 0 fully saturated rings. The monoisotopic (exact) mass is 521 g/mol. The minimum Gasteiger partial charge on any atom is -0.756 e. The van der Waals surface area contributed by atoms with Crippen LogP contribution in [0.3, 0.4) is 0 Å². The van der Waals surface area contributed by atoms with Gasteiger partial charge in [0.15, 0.2) is 0 Å². The van der Waals surface area contributed by atoms with Crippen LogP contribution in [-0.4, -0.2) is 70.7 Å². The summed E-state index contributed by atoms with van der Waals surface area (Å²) in [6.07, 6.45) is 18.4. The quantitative estimate of drug-likeness (QED) is 0.0552. The Bertz CT molecular complexity index is 593. The molecule has 2 atom stereocenters. The standard InChI is InChI=1S/C26H52NO7P/c1-6-7-8-9-10-11-12-13-14-15-16-17-18-19-21-31-23-26(34-25(2)28)24-33-35(29,30)32-22-20-27(3,4)5/h11-12,26H,6-10,13-24H2,1-5H3/b12-11-/t26-/m1/s1. The minimum absolute atomic E-state index is 0.0227. The summed E-state index contributed by atoms with van der Waals surface area (Å²) in [5.41, 5.74) is 0. The van der Waals surface area contributed by atoms with Crippen LogP contribution in [0.1, 0.15) is 90.9 Å². The summed E-state index contributed by atoms with van der Waals surface area (Å²) in [4.78, 5) is 23.2. The maximum absolute atomic E-state index is 11.9. The highest BCUT2D eigenvalue weighted by molar-refractivity contribution is 7.45. The Labute approximate surface area is 214 Å². The third kappa shape index (κ3) is 26.1. The molecule has 0 saturated heterocycles. The van der Waals surface area contributed by atoms with E-state index in [4.69, 9.17) is 18.5 Å². The summed E-state index contributed by atoms with van der Waals surface area (Å²) in [5, 5.41) is 0. The molecule has 0 aliphatic rings. The summed E-state index contributed by atoms with van der Waals surface area (Å²) in [6, 6.07) is 0. The molecule has 0 rings (SSSR count). The van der Waals surface area contributed by atoms with E-state index < -0.39 is 19.9 Å². The van der Waals surface area contributed by atoms with Gasteiger partial charge in [0.2, 0.25) is 0 Å². The number of phosphoric acid groups is 1. The lowest BCUT2D eigenvalue weighted by Crippen LogP contribution is -2.37. The second-order valence-corrected chi connectivity index (χ2v) is 11.5. The van der Waals surface area contributed by atoms with Crippen molar-refractivity contribution in [1.29, 1.82) is 0 Å². The van der Waals surface area contributed by atoms with Gasteiger partial charge >= 0.3 is 5.97 Å². The molecule has 0 aliphatic carbocycles. The fourth-order valence-electron chi connectivity index (χ4n) is 3.30. The number of rotatable bonds is 24. The molecule has 35 heavy (non-hydrogen) atoms. The third-order valence-corrected chi connectivity index (χ3v) is 6.33. The molecule has 0 aliphatic heterocycles. The molecule has 9 heteroatoms. The normalized spacial score (nSPS) is 14.8. The smallest absolute Gasteiger partial charge is 0.303 e. The number of phosphoric ester groups is 1. The molecule has 208 valence electrons. The molecule has 0 amide bonds. The van der Waals surface area contributed by atoms with E-state index in [1.54, 1.807) is 0 Å². The fourth-order valence-corrected chi connectivity index (χ4v) is 4.03. The molecule has 0 heterocycles. The number of ether oxygens (including phenoxy) is 2. The molecule has 0 aromatic heterocycles. The van der Waals surface area contributed by atoms with Crippen LogP contribution in [0.15, 0.2) is 12.2 Å². The van der Waals surface area contributed by atoms with E-state index in [0.29, 0.717) is 17.6 Å². The third-order valence-electron chi connectivity index (χ3n) is 5.37. The van der Waals surface area contributed by atoms with E-state index in [-0.39, 0.29) is 19.8 Å². The zero-order valence-corrected chi connectivity index (χ0v) is 23.9. The van der Waals surface area contributed by atoms with Gasteiger partial charge in [0.05, 0.1) is 34.4 Å². The Hall–Kier alpha value is -0.760. The van der Waals surface area contributed by atoms with Gasteiger partial charge in [-0.3, -0.25) is 9.36 Å². The molecule has 0 spiro atoms. The van der Waals surface area contributed by atoms with Gasteiger partial charge in [-0.15, -0.1) is 0 Å². The molecule has 8 nitrogen and oxygen atoms in total. The number of carbonyl (C=O) groups is 1. The molecule has 0 N–H and O–H groups in total. The van der Waals surface area contributed by atoms with Crippen molar-refractivity contribution in [2.75, 3.05) is 54.1 Å². The molecule has 0 aromatic rings. The van der Waals surface area contributed by atoms with Gasteiger partial charge in [-0.25, -0.2) is 0 Å². The fraction of sp³-hybridized carbons (Fsp3) is 0.885.